The van der Waals surface area contributed by atoms with Crippen LogP contribution in [0.15, 0.2) is 40.0 Å². The van der Waals surface area contributed by atoms with Crippen molar-refractivity contribution >= 4 is 23.4 Å². The maximum absolute atomic E-state index is 13.0. The van der Waals surface area contributed by atoms with Gasteiger partial charge in [0.25, 0.3) is 5.91 Å². The smallest absolute Gasteiger partial charge is 0.258 e. The van der Waals surface area contributed by atoms with E-state index in [9.17, 15) is 4.79 Å². The monoisotopic (exact) mass is 413 g/mol. The highest BCUT2D eigenvalue weighted by Gasteiger charge is 2.17. The van der Waals surface area contributed by atoms with Crippen LogP contribution in [0, 0.1) is 20.8 Å². The first-order valence-electron chi connectivity index (χ1n) is 8.98. The summed E-state index contributed by atoms with van der Waals surface area (Å²) in [6.45, 7) is 5.67. The van der Waals surface area contributed by atoms with Crippen LogP contribution in [0.1, 0.15) is 32.9 Å². The molecule has 8 heteroatoms. The van der Waals surface area contributed by atoms with Crippen LogP contribution in [0.3, 0.4) is 0 Å². The number of aromatic nitrogens is 2. The molecule has 1 amide bonds. The third-order valence-corrected chi connectivity index (χ3v) is 5.56. The zero-order valence-corrected chi connectivity index (χ0v) is 17.8. The zero-order chi connectivity index (χ0) is 21.0. The molecule has 0 bridgehead atoms. The highest BCUT2D eigenvalue weighted by Crippen LogP contribution is 2.33. The molecule has 0 atom stereocenters. The summed E-state index contributed by atoms with van der Waals surface area (Å²) in [5, 5.41) is 7.56. The molecule has 1 aromatic carbocycles. The Balaban J connectivity index is 1.82. The van der Waals surface area contributed by atoms with Crippen molar-refractivity contribution in [3.63, 3.8) is 0 Å². The minimum atomic E-state index is -0.241. The second-order valence-electron chi connectivity index (χ2n) is 6.42. The van der Waals surface area contributed by atoms with Gasteiger partial charge in [0.2, 0.25) is 0 Å². The third kappa shape index (κ3) is 4.54. The van der Waals surface area contributed by atoms with Gasteiger partial charge in [-0.3, -0.25) is 4.79 Å². The molecule has 7 nitrogen and oxygen atoms in total. The van der Waals surface area contributed by atoms with Gasteiger partial charge in [0.15, 0.2) is 11.5 Å². The largest absolute Gasteiger partial charge is 0.493 e. The molecule has 2 heterocycles. The van der Waals surface area contributed by atoms with Crippen LogP contribution in [0.5, 0.6) is 11.5 Å². The maximum atomic E-state index is 13.0. The van der Waals surface area contributed by atoms with Crippen molar-refractivity contribution in [2.45, 2.75) is 31.6 Å². The van der Waals surface area contributed by atoms with E-state index in [2.05, 4.69) is 15.5 Å². The molecular formula is C21H23N3O4S. The number of pyridine rings is 1. The Morgan fingerprint density at radius 1 is 1.17 bits per heavy atom. The topological polar surface area (TPSA) is 86.5 Å². The molecule has 0 aliphatic heterocycles. The van der Waals surface area contributed by atoms with Crippen molar-refractivity contribution in [2.24, 2.45) is 0 Å². The number of nitrogens with one attached hydrogen (secondary N) is 1. The van der Waals surface area contributed by atoms with Crippen LogP contribution < -0.4 is 14.8 Å². The Morgan fingerprint density at radius 2 is 1.90 bits per heavy atom. The van der Waals surface area contributed by atoms with E-state index in [1.54, 1.807) is 38.6 Å². The van der Waals surface area contributed by atoms with E-state index in [0.29, 0.717) is 33.5 Å². The fourth-order valence-electron chi connectivity index (χ4n) is 2.83. The minimum absolute atomic E-state index is 0.241. The van der Waals surface area contributed by atoms with Crippen LogP contribution in [0.2, 0.25) is 0 Å². The number of carbonyl (C=O) groups excluding carboxylic acids is 1. The van der Waals surface area contributed by atoms with Gasteiger partial charge in [0.1, 0.15) is 10.8 Å². The molecule has 0 aliphatic carbocycles. The van der Waals surface area contributed by atoms with Crippen LogP contribution in [-0.4, -0.2) is 30.3 Å². The van der Waals surface area contributed by atoms with Crippen LogP contribution in [0.25, 0.3) is 0 Å². The number of anilines is 1. The average molecular weight is 413 g/mol. The summed E-state index contributed by atoms with van der Waals surface area (Å²) in [5.74, 6) is 2.31. The van der Waals surface area contributed by atoms with Gasteiger partial charge in [-0.1, -0.05) is 5.16 Å². The van der Waals surface area contributed by atoms with Gasteiger partial charge in [0, 0.05) is 29.3 Å². The predicted octanol–water partition coefficient (Wildman–Crippen LogP) is 4.56. The second-order valence-corrected chi connectivity index (χ2v) is 7.39. The summed E-state index contributed by atoms with van der Waals surface area (Å²) >= 11 is 1.47. The van der Waals surface area contributed by atoms with E-state index >= 15 is 0 Å². The summed E-state index contributed by atoms with van der Waals surface area (Å²) in [4.78, 5) is 17.4. The highest BCUT2D eigenvalue weighted by atomic mass is 32.2. The van der Waals surface area contributed by atoms with E-state index in [0.717, 1.165) is 22.6 Å². The SMILES string of the molecule is COc1cc(C)c(NC(=O)c2cccnc2SCc2c(C)noc2C)cc1OC. The summed E-state index contributed by atoms with van der Waals surface area (Å²) in [5.41, 5.74) is 3.88. The van der Waals surface area contributed by atoms with E-state index < -0.39 is 0 Å². The number of hydrogen-bond acceptors (Lipinski definition) is 7. The second kappa shape index (κ2) is 9.00. The van der Waals surface area contributed by atoms with E-state index in [1.807, 2.05) is 26.8 Å². The maximum Gasteiger partial charge on any atom is 0.258 e. The number of methoxy groups -OCH3 is 2. The fourth-order valence-corrected chi connectivity index (χ4v) is 3.98. The highest BCUT2D eigenvalue weighted by molar-refractivity contribution is 7.98. The summed E-state index contributed by atoms with van der Waals surface area (Å²) in [6, 6.07) is 7.08. The van der Waals surface area contributed by atoms with Crippen molar-refractivity contribution in [2.75, 3.05) is 19.5 Å². The summed E-state index contributed by atoms with van der Waals surface area (Å²) < 4.78 is 15.9. The lowest BCUT2D eigenvalue weighted by Crippen LogP contribution is -2.14. The molecule has 0 spiro atoms. The molecule has 1 N–H and O–H groups in total. The van der Waals surface area contributed by atoms with Crippen molar-refractivity contribution in [1.82, 2.24) is 10.1 Å². The van der Waals surface area contributed by atoms with Gasteiger partial charge >= 0.3 is 0 Å². The van der Waals surface area contributed by atoms with Gasteiger partial charge in [-0.05, 0) is 44.5 Å². The molecule has 0 saturated heterocycles. The quantitative estimate of drug-likeness (QED) is 0.568. The lowest BCUT2D eigenvalue weighted by molar-refractivity contribution is 0.102. The number of benzene rings is 1. The van der Waals surface area contributed by atoms with Gasteiger partial charge in [0.05, 0.1) is 25.5 Å². The molecule has 0 saturated carbocycles. The summed E-state index contributed by atoms with van der Waals surface area (Å²) in [6.07, 6.45) is 1.67. The van der Waals surface area contributed by atoms with E-state index in [-0.39, 0.29) is 5.91 Å². The molecular weight excluding hydrogens is 390 g/mol. The van der Waals surface area contributed by atoms with Crippen molar-refractivity contribution in [3.05, 3.63) is 58.6 Å². The zero-order valence-electron chi connectivity index (χ0n) is 17.0. The first-order valence-corrected chi connectivity index (χ1v) is 9.96. The average Bonchev–Trinajstić information content (AvgIpc) is 3.05. The Labute approximate surface area is 173 Å². The van der Waals surface area contributed by atoms with E-state index in [4.69, 9.17) is 14.0 Å². The molecule has 3 rings (SSSR count). The van der Waals surface area contributed by atoms with Crippen LogP contribution in [0.4, 0.5) is 5.69 Å². The van der Waals surface area contributed by atoms with Gasteiger partial charge in [-0.2, -0.15) is 0 Å². The Kier molecular flexibility index (Phi) is 6.43. The molecule has 3 aromatic rings. The number of ether oxygens (including phenoxy) is 2. The first-order chi connectivity index (χ1) is 13.9. The van der Waals surface area contributed by atoms with Gasteiger partial charge in [-0.25, -0.2) is 4.98 Å². The number of carbonyl (C=O) groups is 1. The summed E-state index contributed by atoms with van der Waals surface area (Å²) in [7, 11) is 3.14. The first kappa shape index (κ1) is 20.7. The number of rotatable bonds is 7. The van der Waals surface area contributed by atoms with Crippen LogP contribution >= 0.6 is 11.8 Å². The lowest BCUT2D eigenvalue weighted by atomic mass is 10.1. The molecule has 2 aromatic heterocycles. The Bertz CT molecular complexity index is 1010. The van der Waals surface area contributed by atoms with Crippen molar-refractivity contribution < 1.29 is 18.8 Å². The van der Waals surface area contributed by atoms with E-state index in [1.165, 1.54) is 11.8 Å². The minimum Gasteiger partial charge on any atom is -0.493 e. The van der Waals surface area contributed by atoms with Crippen molar-refractivity contribution in [3.8, 4) is 11.5 Å². The third-order valence-electron chi connectivity index (χ3n) is 4.53. The number of nitrogens with zero attached hydrogens (tertiary/aromatic N) is 2. The lowest BCUT2D eigenvalue weighted by Gasteiger charge is -2.14. The number of aryl methyl sites for hydroxylation is 3. The molecule has 0 radical (unpaired) electrons. The molecule has 0 unspecified atom stereocenters. The van der Waals surface area contributed by atoms with Crippen LogP contribution in [-0.2, 0) is 5.75 Å². The normalized spacial score (nSPS) is 10.7. The number of thioether (sulfide) groups is 1. The standard InChI is InChI=1S/C21H23N3O4S/c1-12-9-18(26-4)19(27-5)10-17(12)23-20(25)15-7-6-8-22-21(15)29-11-16-13(2)24-28-14(16)3/h6-10H,11H2,1-5H3,(H,23,25). The molecule has 0 fully saturated rings. The number of hydrogen-bond donors (Lipinski definition) is 1. The van der Waals surface area contributed by atoms with Gasteiger partial charge in [-0.15, -0.1) is 11.8 Å². The molecule has 152 valence electrons. The van der Waals surface area contributed by atoms with Gasteiger partial charge < -0.3 is 19.3 Å². The molecule has 0 aliphatic rings. The predicted molar refractivity (Wildman–Crippen MR) is 112 cm³/mol. The number of amides is 1. The Morgan fingerprint density at radius 3 is 2.55 bits per heavy atom. The fraction of sp³-hybridized carbons (Fsp3) is 0.286. The molecule has 29 heavy (non-hydrogen) atoms. The van der Waals surface area contributed by atoms with Crippen molar-refractivity contribution in [1.29, 1.82) is 0 Å². The Hall–Kier alpha value is -3.00.